The highest BCUT2D eigenvalue weighted by molar-refractivity contribution is 5.94. The van der Waals surface area contributed by atoms with E-state index >= 15 is 0 Å². The third-order valence-electron chi connectivity index (χ3n) is 4.25. The highest BCUT2D eigenvalue weighted by Gasteiger charge is 2.21. The fraction of sp³-hybridized carbons (Fsp3) is 0.562. The summed E-state index contributed by atoms with van der Waals surface area (Å²) in [5.74, 6) is 1.86. The van der Waals surface area contributed by atoms with Crippen LogP contribution >= 0.6 is 0 Å². The third kappa shape index (κ3) is 3.80. The van der Waals surface area contributed by atoms with Crippen LogP contribution in [0.2, 0.25) is 0 Å². The van der Waals surface area contributed by atoms with Crippen molar-refractivity contribution < 1.29 is 0 Å². The quantitative estimate of drug-likeness (QED) is 0.645. The highest BCUT2D eigenvalue weighted by atomic mass is 15.1. The molecule has 1 heterocycles. The van der Waals surface area contributed by atoms with Crippen LogP contribution in [0.3, 0.4) is 0 Å². The van der Waals surface area contributed by atoms with Gasteiger partial charge in [0.25, 0.3) is 0 Å². The van der Waals surface area contributed by atoms with Gasteiger partial charge >= 0.3 is 0 Å². The van der Waals surface area contributed by atoms with Crippen molar-refractivity contribution in [3.05, 3.63) is 35.4 Å². The second-order valence-electron chi connectivity index (χ2n) is 5.97. The Morgan fingerprint density at radius 3 is 2.32 bits per heavy atom. The van der Waals surface area contributed by atoms with Gasteiger partial charge in [-0.1, -0.05) is 38.1 Å². The fourth-order valence-corrected chi connectivity index (χ4v) is 2.83. The summed E-state index contributed by atoms with van der Waals surface area (Å²) in [5.41, 5.74) is 7.59. The molecular weight excluding hydrogens is 234 g/mol. The van der Waals surface area contributed by atoms with Crippen LogP contribution in [-0.2, 0) is 6.54 Å². The van der Waals surface area contributed by atoms with Gasteiger partial charge in [-0.2, -0.15) is 0 Å². The fourth-order valence-electron chi connectivity index (χ4n) is 2.83. The maximum atomic E-state index is 7.39. The number of rotatable bonds is 4. The minimum atomic E-state index is 0.143. The van der Waals surface area contributed by atoms with Crippen molar-refractivity contribution in [1.29, 1.82) is 5.41 Å². The van der Waals surface area contributed by atoms with E-state index < -0.39 is 0 Å². The zero-order valence-corrected chi connectivity index (χ0v) is 12.0. The maximum absolute atomic E-state index is 7.39. The van der Waals surface area contributed by atoms with Gasteiger partial charge in [0.2, 0.25) is 0 Å². The van der Waals surface area contributed by atoms with Crippen molar-refractivity contribution >= 4 is 5.84 Å². The van der Waals surface area contributed by atoms with Crippen molar-refractivity contribution in [2.75, 3.05) is 13.1 Å². The molecule has 3 heteroatoms. The first kappa shape index (κ1) is 14.1. The SMILES string of the molecule is CC(C)C1CCN(Cc2ccc(C(=N)N)cc2)CC1. The highest BCUT2D eigenvalue weighted by Crippen LogP contribution is 2.25. The van der Waals surface area contributed by atoms with Gasteiger partial charge in [-0.15, -0.1) is 0 Å². The van der Waals surface area contributed by atoms with Gasteiger partial charge in [-0.25, -0.2) is 0 Å². The van der Waals surface area contributed by atoms with Crippen LogP contribution < -0.4 is 5.73 Å². The number of nitrogens with two attached hydrogens (primary N) is 1. The predicted molar refractivity (Wildman–Crippen MR) is 80.3 cm³/mol. The zero-order valence-electron chi connectivity index (χ0n) is 12.0. The summed E-state index contributed by atoms with van der Waals surface area (Å²) in [7, 11) is 0. The van der Waals surface area contributed by atoms with E-state index in [2.05, 4.69) is 30.9 Å². The van der Waals surface area contributed by atoms with Gasteiger partial charge in [-0.05, 0) is 43.3 Å². The molecule has 0 amide bonds. The average molecular weight is 259 g/mol. The number of hydrogen-bond donors (Lipinski definition) is 2. The molecule has 19 heavy (non-hydrogen) atoms. The lowest BCUT2D eigenvalue weighted by atomic mass is 9.86. The van der Waals surface area contributed by atoms with Crippen LogP contribution in [0.1, 0.15) is 37.8 Å². The summed E-state index contributed by atoms with van der Waals surface area (Å²) < 4.78 is 0. The lowest BCUT2D eigenvalue weighted by Gasteiger charge is -2.33. The van der Waals surface area contributed by atoms with Gasteiger partial charge in [0.1, 0.15) is 5.84 Å². The molecule has 0 saturated carbocycles. The Bertz CT molecular complexity index is 414. The first-order valence-corrected chi connectivity index (χ1v) is 7.22. The normalized spacial score (nSPS) is 17.8. The van der Waals surface area contributed by atoms with Crippen molar-refractivity contribution in [2.45, 2.75) is 33.2 Å². The van der Waals surface area contributed by atoms with Gasteiger partial charge in [-0.3, -0.25) is 10.3 Å². The monoisotopic (exact) mass is 259 g/mol. The van der Waals surface area contributed by atoms with Gasteiger partial charge in [0, 0.05) is 12.1 Å². The van der Waals surface area contributed by atoms with Gasteiger partial charge < -0.3 is 5.73 Å². The van der Waals surface area contributed by atoms with E-state index in [1.54, 1.807) is 0 Å². The summed E-state index contributed by atoms with van der Waals surface area (Å²) in [4.78, 5) is 2.53. The molecule has 1 aromatic carbocycles. The number of nitrogens with one attached hydrogen (secondary N) is 1. The van der Waals surface area contributed by atoms with E-state index in [1.165, 1.54) is 31.5 Å². The van der Waals surface area contributed by atoms with Crippen LogP contribution in [0.4, 0.5) is 0 Å². The molecule has 1 fully saturated rings. The summed E-state index contributed by atoms with van der Waals surface area (Å²) >= 11 is 0. The Hall–Kier alpha value is -1.35. The maximum Gasteiger partial charge on any atom is 0.122 e. The lowest BCUT2D eigenvalue weighted by molar-refractivity contribution is 0.152. The molecule has 0 bridgehead atoms. The van der Waals surface area contributed by atoms with E-state index in [9.17, 15) is 0 Å². The van der Waals surface area contributed by atoms with Crippen molar-refractivity contribution in [1.82, 2.24) is 4.90 Å². The van der Waals surface area contributed by atoms with E-state index in [0.29, 0.717) is 0 Å². The van der Waals surface area contributed by atoms with Crippen molar-refractivity contribution in [2.24, 2.45) is 17.6 Å². The molecule has 1 aromatic rings. The second-order valence-corrected chi connectivity index (χ2v) is 5.97. The second kappa shape index (κ2) is 6.20. The Labute approximate surface area is 116 Å². The first-order valence-electron chi connectivity index (χ1n) is 7.22. The zero-order chi connectivity index (χ0) is 13.8. The first-order chi connectivity index (χ1) is 9.06. The van der Waals surface area contributed by atoms with Crippen LogP contribution in [-0.4, -0.2) is 23.8 Å². The molecular formula is C16H25N3. The van der Waals surface area contributed by atoms with Gasteiger partial charge in [0.15, 0.2) is 0 Å². The number of piperidine rings is 1. The molecule has 0 unspecified atom stereocenters. The van der Waals surface area contributed by atoms with E-state index in [0.717, 1.165) is 23.9 Å². The Kier molecular flexibility index (Phi) is 4.59. The standard InChI is InChI=1S/C16H25N3/c1-12(2)14-7-9-19(10-8-14)11-13-3-5-15(6-4-13)16(17)18/h3-6,12,14H,7-11H2,1-2H3,(H3,17,18). The lowest BCUT2D eigenvalue weighted by Crippen LogP contribution is -2.34. The molecule has 1 saturated heterocycles. The topological polar surface area (TPSA) is 53.1 Å². The molecule has 2 rings (SSSR count). The van der Waals surface area contributed by atoms with Crippen LogP contribution in [0.15, 0.2) is 24.3 Å². The molecule has 0 radical (unpaired) electrons. The molecule has 3 nitrogen and oxygen atoms in total. The number of amidine groups is 1. The minimum absolute atomic E-state index is 0.143. The molecule has 0 atom stereocenters. The van der Waals surface area contributed by atoms with Gasteiger partial charge in [0.05, 0.1) is 0 Å². The van der Waals surface area contributed by atoms with E-state index in [1.807, 2.05) is 12.1 Å². The molecule has 0 aromatic heterocycles. The van der Waals surface area contributed by atoms with Crippen LogP contribution in [0.25, 0.3) is 0 Å². The number of benzene rings is 1. The number of nitrogen functional groups attached to an aromatic ring is 1. The Morgan fingerprint density at radius 1 is 1.26 bits per heavy atom. The summed E-state index contributed by atoms with van der Waals surface area (Å²) in [6, 6.07) is 8.06. The third-order valence-corrected chi connectivity index (χ3v) is 4.25. The summed E-state index contributed by atoms with van der Waals surface area (Å²) in [5, 5.41) is 7.39. The Balaban J connectivity index is 1.87. The molecule has 0 aliphatic carbocycles. The van der Waals surface area contributed by atoms with Crippen LogP contribution in [0, 0.1) is 17.2 Å². The van der Waals surface area contributed by atoms with E-state index in [-0.39, 0.29) is 5.84 Å². The van der Waals surface area contributed by atoms with Crippen LogP contribution in [0.5, 0.6) is 0 Å². The van der Waals surface area contributed by atoms with Crippen molar-refractivity contribution in [3.8, 4) is 0 Å². The summed E-state index contributed by atoms with van der Waals surface area (Å²) in [6.07, 6.45) is 2.65. The largest absolute Gasteiger partial charge is 0.384 e. The molecule has 1 aliphatic rings. The van der Waals surface area contributed by atoms with Crippen molar-refractivity contribution in [3.63, 3.8) is 0 Å². The predicted octanol–water partition coefficient (Wildman–Crippen LogP) is 2.84. The Morgan fingerprint density at radius 2 is 1.84 bits per heavy atom. The number of nitrogens with zero attached hydrogens (tertiary/aromatic N) is 1. The number of hydrogen-bond acceptors (Lipinski definition) is 2. The minimum Gasteiger partial charge on any atom is -0.384 e. The van der Waals surface area contributed by atoms with E-state index in [4.69, 9.17) is 11.1 Å². The molecule has 3 N–H and O–H groups in total. The smallest absolute Gasteiger partial charge is 0.122 e. The molecule has 0 spiro atoms. The molecule has 104 valence electrons. The average Bonchev–Trinajstić information content (AvgIpc) is 2.40. The summed E-state index contributed by atoms with van der Waals surface area (Å²) in [6.45, 7) is 8.10. The number of likely N-dealkylation sites (tertiary alicyclic amines) is 1. The molecule has 1 aliphatic heterocycles.